The highest BCUT2D eigenvalue weighted by Gasteiger charge is 2.46. The fourth-order valence-corrected chi connectivity index (χ4v) is 6.41. The lowest BCUT2D eigenvalue weighted by molar-refractivity contribution is 0.515. The van der Waals surface area contributed by atoms with Gasteiger partial charge in [0.05, 0.1) is 9.64 Å². The molecule has 1 aliphatic carbocycles. The average molecular weight is 427 g/mol. The Bertz CT molecular complexity index is 1170. The maximum Gasteiger partial charge on any atom is 0.219 e. The van der Waals surface area contributed by atoms with Crippen molar-refractivity contribution in [2.45, 2.75) is 35.3 Å². The van der Waals surface area contributed by atoms with E-state index in [9.17, 15) is 12.8 Å². The number of nitrogens with zero attached hydrogens (tertiary/aromatic N) is 2. The summed E-state index contributed by atoms with van der Waals surface area (Å²) in [6.07, 6.45) is 5.67. The quantitative estimate of drug-likeness (QED) is 0.645. The Morgan fingerprint density at radius 3 is 2.27 bits per heavy atom. The molecule has 0 aliphatic heterocycles. The number of hydrogen-bond donors (Lipinski definition) is 2. The lowest BCUT2D eigenvalue weighted by Gasteiger charge is -2.28. The second kappa shape index (κ2) is 7.77. The molecule has 6 nitrogen and oxygen atoms in total. The van der Waals surface area contributed by atoms with Crippen LogP contribution in [-0.4, -0.2) is 29.7 Å². The number of nitrogen functional groups attached to an aromatic ring is 1. The molecule has 4 rings (SSSR count). The van der Waals surface area contributed by atoms with Gasteiger partial charge >= 0.3 is 0 Å². The van der Waals surface area contributed by atoms with Crippen LogP contribution in [0, 0.1) is 5.82 Å². The molecule has 4 N–H and O–H groups in total. The van der Waals surface area contributed by atoms with Gasteiger partial charge in [0.1, 0.15) is 5.82 Å². The standard InChI is InChI=1S/C22H23FN4O2S/c23-19-11-15(7-8-17(19)16-12-26-21(25)27-13-16)18-5-1-2-6-20(18)30(28,29)22(14-24)9-3-4-10-22/h1-2,5-8,11-13H,3-4,9-10,14,24H2,(H2,25,26,27). The van der Waals surface area contributed by atoms with Gasteiger partial charge in [0.15, 0.2) is 9.84 Å². The Hall–Kier alpha value is -2.84. The zero-order valence-electron chi connectivity index (χ0n) is 16.4. The van der Waals surface area contributed by atoms with Gasteiger partial charge < -0.3 is 11.5 Å². The Kier molecular flexibility index (Phi) is 5.29. The van der Waals surface area contributed by atoms with Crippen LogP contribution in [0.15, 0.2) is 59.8 Å². The van der Waals surface area contributed by atoms with E-state index in [1.54, 1.807) is 36.4 Å². The SMILES string of the molecule is NCC1(S(=O)(=O)c2ccccc2-c2ccc(-c3cnc(N)nc3)c(F)c2)CCCC1. The minimum absolute atomic E-state index is 0.0775. The summed E-state index contributed by atoms with van der Waals surface area (Å²) in [4.78, 5) is 7.98. The number of sulfone groups is 1. The first-order valence-corrected chi connectivity index (χ1v) is 11.3. The Morgan fingerprint density at radius 1 is 0.967 bits per heavy atom. The maximum absolute atomic E-state index is 14.9. The van der Waals surface area contributed by atoms with Gasteiger partial charge in [-0.3, -0.25) is 0 Å². The molecular formula is C22H23FN4O2S. The summed E-state index contributed by atoms with van der Waals surface area (Å²) in [7, 11) is -3.69. The van der Waals surface area contributed by atoms with Gasteiger partial charge in [-0.25, -0.2) is 22.8 Å². The largest absolute Gasteiger partial charge is 0.368 e. The van der Waals surface area contributed by atoms with Crippen molar-refractivity contribution < 1.29 is 12.8 Å². The lowest BCUT2D eigenvalue weighted by atomic mass is 10.0. The Morgan fingerprint density at radius 2 is 1.63 bits per heavy atom. The molecule has 1 aliphatic rings. The molecule has 30 heavy (non-hydrogen) atoms. The number of aromatic nitrogens is 2. The molecule has 0 bridgehead atoms. The smallest absolute Gasteiger partial charge is 0.219 e. The second-order valence-corrected chi connectivity index (χ2v) is 9.93. The summed E-state index contributed by atoms with van der Waals surface area (Å²) in [6.45, 7) is 0.0775. The molecule has 1 saturated carbocycles. The zero-order chi connectivity index (χ0) is 21.4. The van der Waals surface area contributed by atoms with E-state index < -0.39 is 20.4 Å². The summed E-state index contributed by atoms with van der Waals surface area (Å²) < 4.78 is 41.2. The summed E-state index contributed by atoms with van der Waals surface area (Å²) in [5, 5.41) is 0. The predicted octanol–water partition coefficient (Wildman–Crippen LogP) is 3.58. The topological polar surface area (TPSA) is 112 Å². The van der Waals surface area contributed by atoms with Crippen molar-refractivity contribution in [1.82, 2.24) is 9.97 Å². The summed E-state index contributed by atoms with van der Waals surface area (Å²) in [5.74, 6) is -0.391. The highest BCUT2D eigenvalue weighted by Crippen LogP contribution is 2.42. The van der Waals surface area contributed by atoms with Crippen LogP contribution in [0.2, 0.25) is 0 Å². The van der Waals surface area contributed by atoms with Crippen LogP contribution in [0.4, 0.5) is 10.3 Å². The van der Waals surface area contributed by atoms with E-state index in [1.807, 2.05) is 0 Å². The Labute approximate surface area is 175 Å². The van der Waals surface area contributed by atoms with E-state index in [0.29, 0.717) is 35.1 Å². The zero-order valence-corrected chi connectivity index (χ0v) is 17.2. The van der Waals surface area contributed by atoms with Gasteiger partial charge in [0.25, 0.3) is 0 Å². The molecule has 1 aromatic heterocycles. The molecule has 0 amide bonds. The van der Waals surface area contributed by atoms with Crippen molar-refractivity contribution in [1.29, 1.82) is 0 Å². The van der Waals surface area contributed by atoms with Crippen molar-refractivity contribution >= 4 is 15.8 Å². The number of benzene rings is 2. The van der Waals surface area contributed by atoms with Crippen LogP contribution < -0.4 is 11.5 Å². The summed E-state index contributed by atoms with van der Waals surface area (Å²) >= 11 is 0. The molecule has 1 heterocycles. The second-order valence-electron chi connectivity index (χ2n) is 7.62. The lowest BCUT2D eigenvalue weighted by Crippen LogP contribution is -2.43. The third kappa shape index (κ3) is 3.36. The maximum atomic E-state index is 14.9. The molecular weight excluding hydrogens is 403 g/mol. The van der Waals surface area contributed by atoms with Crippen LogP contribution in [-0.2, 0) is 9.84 Å². The van der Waals surface area contributed by atoms with E-state index in [1.165, 1.54) is 18.5 Å². The first-order chi connectivity index (χ1) is 14.4. The highest BCUT2D eigenvalue weighted by atomic mass is 32.2. The number of halogens is 1. The normalized spacial score (nSPS) is 15.9. The number of nitrogens with two attached hydrogens (primary N) is 2. The van der Waals surface area contributed by atoms with Gasteiger partial charge in [-0.2, -0.15) is 0 Å². The van der Waals surface area contributed by atoms with Gasteiger partial charge in [0.2, 0.25) is 5.95 Å². The van der Waals surface area contributed by atoms with E-state index in [0.717, 1.165) is 12.8 Å². The molecule has 0 saturated heterocycles. The molecule has 0 radical (unpaired) electrons. The Balaban J connectivity index is 1.80. The van der Waals surface area contributed by atoms with Crippen molar-refractivity contribution in [3.63, 3.8) is 0 Å². The minimum atomic E-state index is -3.69. The first kappa shape index (κ1) is 20.4. The van der Waals surface area contributed by atoms with Gasteiger partial charge in [-0.1, -0.05) is 43.2 Å². The number of anilines is 1. The fourth-order valence-electron chi connectivity index (χ4n) is 4.17. The summed E-state index contributed by atoms with van der Waals surface area (Å²) in [5.41, 5.74) is 13.2. The molecule has 2 aromatic carbocycles. The van der Waals surface area contributed by atoms with E-state index in [2.05, 4.69) is 9.97 Å². The van der Waals surface area contributed by atoms with Gasteiger partial charge in [0, 0.05) is 35.6 Å². The van der Waals surface area contributed by atoms with Crippen LogP contribution in [0.5, 0.6) is 0 Å². The van der Waals surface area contributed by atoms with Crippen molar-refractivity contribution in [3.05, 3.63) is 60.7 Å². The van der Waals surface area contributed by atoms with Crippen molar-refractivity contribution in [2.24, 2.45) is 5.73 Å². The van der Waals surface area contributed by atoms with E-state index in [4.69, 9.17) is 11.5 Å². The van der Waals surface area contributed by atoms with Gasteiger partial charge in [-0.05, 0) is 30.5 Å². The molecule has 0 unspecified atom stereocenters. The molecule has 156 valence electrons. The highest BCUT2D eigenvalue weighted by molar-refractivity contribution is 7.93. The molecule has 3 aromatic rings. The van der Waals surface area contributed by atoms with E-state index >= 15 is 0 Å². The predicted molar refractivity (Wildman–Crippen MR) is 115 cm³/mol. The number of hydrogen-bond acceptors (Lipinski definition) is 6. The molecule has 1 fully saturated rings. The van der Waals surface area contributed by atoms with Crippen molar-refractivity contribution in [2.75, 3.05) is 12.3 Å². The number of rotatable bonds is 5. The third-order valence-electron chi connectivity index (χ3n) is 5.90. The van der Waals surface area contributed by atoms with Crippen LogP contribution in [0.3, 0.4) is 0 Å². The summed E-state index contributed by atoms with van der Waals surface area (Å²) in [6, 6.07) is 11.4. The molecule has 8 heteroatoms. The first-order valence-electron chi connectivity index (χ1n) is 9.79. The van der Waals surface area contributed by atoms with Crippen LogP contribution >= 0.6 is 0 Å². The average Bonchev–Trinajstić information content (AvgIpc) is 3.26. The minimum Gasteiger partial charge on any atom is -0.368 e. The monoisotopic (exact) mass is 426 g/mol. The van der Waals surface area contributed by atoms with Gasteiger partial charge in [-0.15, -0.1) is 0 Å². The third-order valence-corrected chi connectivity index (χ3v) is 8.55. The van der Waals surface area contributed by atoms with Crippen LogP contribution in [0.25, 0.3) is 22.3 Å². The fraction of sp³-hybridized carbons (Fsp3) is 0.273. The van der Waals surface area contributed by atoms with Crippen LogP contribution in [0.1, 0.15) is 25.7 Å². The van der Waals surface area contributed by atoms with E-state index in [-0.39, 0.29) is 17.4 Å². The van der Waals surface area contributed by atoms with Crippen molar-refractivity contribution in [3.8, 4) is 22.3 Å². The molecule has 0 spiro atoms. The molecule has 0 atom stereocenters.